The predicted molar refractivity (Wildman–Crippen MR) is 87.1 cm³/mol. The molecule has 1 heterocycles. The maximum atomic E-state index is 6.41. The summed E-state index contributed by atoms with van der Waals surface area (Å²) >= 11 is 0. The summed E-state index contributed by atoms with van der Waals surface area (Å²) in [6.45, 7) is 2.53. The molecule has 2 N–H and O–H groups in total. The molecular formula is C19H28N2. The van der Waals surface area contributed by atoms with Crippen LogP contribution in [0.5, 0.6) is 0 Å². The standard InChI is InChI=1S/C19H28N2/c20-18-10-5-8-15-12-21(13-17(15)18)19-11-4-2-7-14-6-1-3-9-16(14)19/h1,3,6,9,15,17-19H,2,4-5,7-8,10-13,20H2. The summed E-state index contributed by atoms with van der Waals surface area (Å²) in [5.74, 6) is 1.62. The van der Waals surface area contributed by atoms with E-state index in [2.05, 4.69) is 29.2 Å². The Morgan fingerprint density at radius 3 is 2.76 bits per heavy atom. The molecule has 1 aromatic rings. The van der Waals surface area contributed by atoms with Crippen LogP contribution in [0.1, 0.15) is 55.7 Å². The van der Waals surface area contributed by atoms with Gasteiger partial charge in [-0.25, -0.2) is 0 Å². The second-order valence-corrected chi connectivity index (χ2v) is 7.43. The van der Waals surface area contributed by atoms with Crippen LogP contribution in [-0.4, -0.2) is 24.0 Å². The van der Waals surface area contributed by atoms with E-state index >= 15 is 0 Å². The molecule has 1 aliphatic heterocycles. The maximum Gasteiger partial charge on any atom is 0.0351 e. The van der Waals surface area contributed by atoms with Crippen molar-refractivity contribution in [2.24, 2.45) is 17.6 Å². The zero-order chi connectivity index (χ0) is 14.2. The summed E-state index contributed by atoms with van der Waals surface area (Å²) < 4.78 is 0. The fourth-order valence-electron chi connectivity index (χ4n) is 5.08. The zero-order valence-electron chi connectivity index (χ0n) is 13.0. The van der Waals surface area contributed by atoms with Crippen molar-refractivity contribution < 1.29 is 0 Å². The van der Waals surface area contributed by atoms with Gasteiger partial charge in [0.1, 0.15) is 0 Å². The second kappa shape index (κ2) is 5.73. The molecule has 2 nitrogen and oxygen atoms in total. The predicted octanol–water partition coefficient (Wildman–Crippen LogP) is 3.51. The topological polar surface area (TPSA) is 29.3 Å². The Hall–Kier alpha value is -0.860. The van der Waals surface area contributed by atoms with E-state index in [9.17, 15) is 0 Å². The summed E-state index contributed by atoms with van der Waals surface area (Å²) in [5, 5.41) is 0. The van der Waals surface area contributed by atoms with Crippen molar-refractivity contribution in [2.75, 3.05) is 13.1 Å². The Morgan fingerprint density at radius 1 is 0.952 bits per heavy atom. The summed E-state index contributed by atoms with van der Waals surface area (Å²) in [6.07, 6.45) is 9.33. The minimum Gasteiger partial charge on any atom is -0.327 e. The van der Waals surface area contributed by atoms with E-state index < -0.39 is 0 Å². The zero-order valence-corrected chi connectivity index (χ0v) is 13.0. The molecule has 3 aliphatic rings. The Kier molecular flexibility index (Phi) is 3.76. The number of aryl methyl sites for hydroxylation is 1. The number of nitrogens with two attached hydrogens (primary N) is 1. The number of nitrogens with zero attached hydrogens (tertiary/aromatic N) is 1. The number of hydrogen-bond donors (Lipinski definition) is 1. The molecule has 0 aromatic heterocycles. The first-order chi connectivity index (χ1) is 10.3. The van der Waals surface area contributed by atoms with Gasteiger partial charge in [0, 0.05) is 25.2 Å². The lowest BCUT2D eigenvalue weighted by molar-refractivity contribution is 0.218. The van der Waals surface area contributed by atoms with Crippen LogP contribution < -0.4 is 5.73 Å². The maximum absolute atomic E-state index is 6.41. The number of benzene rings is 1. The highest BCUT2D eigenvalue weighted by atomic mass is 15.2. The van der Waals surface area contributed by atoms with Crippen LogP contribution in [0.3, 0.4) is 0 Å². The van der Waals surface area contributed by atoms with Crippen LogP contribution in [0.15, 0.2) is 24.3 Å². The van der Waals surface area contributed by atoms with Crippen molar-refractivity contribution in [3.63, 3.8) is 0 Å². The molecule has 114 valence electrons. The molecule has 2 heteroatoms. The van der Waals surface area contributed by atoms with Gasteiger partial charge in [0.05, 0.1) is 0 Å². The molecule has 0 spiro atoms. The highest BCUT2D eigenvalue weighted by molar-refractivity contribution is 5.31. The van der Waals surface area contributed by atoms with Gasteiger partial charge in [0.15, 0.2) is 0 Å². The fraction of sp³-hybridized carbons (Fsp3) is 0.684. The van der Waals surface area contributed by atoms with Crippen molar-refractivity contribution in [3.8, 4) is 0 Å². The Morgan fingerprint density at radius 2 is 1.86 bits per heavy atom. The number of likely N-dealkylation sites (tertiary alicyclic amines) is 1. The summed E-state index contributed by atoms with van der Waals surface area (Å²) in [4.78, 5) is 2.78. The first-order valence-electron chi connectivity index (χ1n) is 8.90. The fourth-order valence-corrected chi connectivity index (χ4v) is 5.08. The molecule has 1 aromatic carbocycles. The molecule has 4 atom stereocenters. The van der Waals surface area contributed by atoms with Crippen LogP contribution in [0.25, 0.3) is 0 Å². The summed E-state index contributed by atoms with van der Waals surface area (Å²) in [6, 6.07) is 10.3. The Bertz CT molecular complexity index is 498. The molecule has 1 saturated carbocycles. The SMILES string of the molecule is NC1CCCC2CN(C3CCCCc4ccccc43)CC12. The smallest absolute Gasteiger partial charge is 0.0351 e. The average Bonchev–Trinajstić information content (AvgIpc) is 2.82. The summed E-state index contributed by atoms with van der Waals surface area (Å²) in [7, 11) is 0. The van der Waals surface area contributed by atoms with Crippen molar-refractivity contribution >= 4 is 0 Å². The highest BCUT2D eigenvalue weighted by Crippen LogP contribution is 2.42. The third-order valence-corrected chi connectivity index (χ3v) is 6.21. The van der Waals surface area contributed by atoms with Crippen LogP contribution in [0, 0.1) is 11.8 Å². The van der Waals surface area contributed by atoms with E-state index in [1.807, 2.05) is 0 Å². The van der Waals surface area contributed by atoms with E-state index in [0.29, 0.717) is 12.1 Å². The lowest BCUT2D eigenvalue weighted by Gasteiger charge is -2.30. The summed E-state index contributed by atoms with van der Waals surface area (Å²) in [5.41, 5.74) is 9.62. The van der Waals surface area contributed by atoms with E-state index in [1.165, 1.54) is 58.0 Å². The van der Waals surface area contributed by atoms with Crippen molar-refractivity contribution in [1.82, 2.24) is 4.90 Å². The van der Waals surface area contributed by atoms with Gasteiger partial charge in [-0.3, -0.25) is 4.90 Å². The van der Waals surface area contributed by atoms with Gasteiger partial charge in [-0.05, 0) is 55.1 Å². The Labute approximate surface area is 128 Å². The third-order valence-electron chi connectivity index (χ3n) is 6.21. The van der Waals surface area contributed by atoms with E-state index in [4.69, 9.17) is 5.73 Å². The first-order valence-corrected chi connectivity index (χ1v) is 8.90. The molecular weight excluding hydrogens is 256 g/mol. The van der Waals surface area contributed by atoms with Crippen molar-refractivity contribution in [1.29, 1.82) is 0 Å². The molecule has 4 rings (SSSR count). The van der Waals surface area contributed by atoms with Gasteiger partial charge in [0.25, 0.3) is 0 Å². The van der Waals surface area contributed by atoms with E-state index in [1.54, 1.807) is 11.1 Å². The largest absolute Gasteiger partial charge is 0.327 e. The molecule has 2 aliphatic carbocycles. The van der Waals surface area contributed by atoms with Gasteiger partial charge in [0.2, 0.25) is 0 Å². The monoisotopic (exact) mass is 284 g/mol. The van der Waals surface area contributed by atoms with Crippen molar-refractivity contribution in [3.05, 3.63) is 35.4 Å². The highest BCUT2D eigenvalue weighted by Gasteiger charge is 2.41. The lowest BCUT2D eigenvalue weighted by Crippen LogP contribution is -2.38. The van der Waals surface area contributed by atoms with Gasteiger partial charge >= 0.3 is 0 Å². The van der Waals surface area contributed by atoms with Crippen molar-refractivity contribution in [2.45, 2.75) is 57.0 Å². The number of hydrogen-bond acceptors (Lipinski definition) is 2. The first kappa shape index (κ1) is 13.8. The van der Waals surface area contributed by atoms with Gasteiger partial charge in [-0.2, -0.15) is 0 Å². The van der Waals surface area contributed by atoms with Gasteiger partial charge < -0.3 is 5.73 Å². The molecule has 0 bridgehead atoms. The van der Waals surface area contributed by atoms with Crippen LogP contribution in [0.2, 0.25) is 0 Å². The number of rotatable bonds is 1. The van der Waals surface area contributed by atoms with Gasteiger partial charge in [-0.15, -0.1) is 0 Å². The molecule has 4 unspecified atom stereocenters. The molecule has 1 saturated heterocycles. The minimum atomic E-state index is 0.453. The average molecular weight is 284 g/mol. The van der Waals surface area contributed by atoms with E-state index in [0.717, 1.165) is 11.8 Å². The molecule has 2 fully saturated rings. The van der Waals surface area contributed by atoms with Crippen LogP contribution in [-0.2, 0) is 6.42 Å². The number of fused-ring (bicyclic) bond motifs is 2. The lowest BCUT2D eigenvalue weighted by atomic mass is 9.78. The third kappa shape index (κ3) is 2.53. The normalized spacial score (nSPS) is 36.8. The quantitative estimate of drug-likeness (QED) is 0.800. The van der Waals surface area contributed by atoms with E-state index in [-0.39, 0.29) is 0 Å². The van der Waals surface area contributed by atoms with Gasteiger partial charge in [-0.1, -0.05) is 37.1 Å². The molecule has 21 heavy (non-hydrogen) atoms. The molecule has 0 amide bonds. The van der Waals surface area contributed by atoms with Crippen LogP contribution >= 0.6 is 0 Å². The minimum absolute atomic E-state index is 0.453. The molecule has 0 radical (unpaired) electrons. The second-order valence-electron chi connectivity index (χ2n) is 7.43. The Balaban J connectivity index is 1.59. The van der Waals surface area contributed by atoms with Crippen LogP contribution in [0.4, 0.5) is 0 Å².